The van der Waals surface area contributed by atoms with Crippen LogP contribution in [0.3, 0.4) is 0 Å². The Morgan fingerprint density at radius 3 is 2.92 bits per heavy atom. The van der Waals surface area contributed by atoms with Gasteiger partial charge in [-0.1, -0.05) is 19.0 Å². The number of ketones is 1. The molecule has 0 saturated carbocycles. The fourth-order valence-corrected chi connectivity index (χ4v) is 1.53. The molecule has 0 radical (unpaired) electrons. The monoisotopic (exact) mass is 180 g/mol. The normalized spacial score (nSPS) is 16.4. The summed E-state index contributed by atoms with van der Waals surface area (Å²) in [6.07, 6.45) is 0. The van der Waals surface area contributed by atoms with E-state index in [1.165, 1.54) is 0 Å². The first kappa shape index (κ1) is 8.44. The van der Waals surface area contributed by atoms with Gasteiger partial charge in [-0.05, 0) is 5.92 Å². The summed E-state index contributed by atoms with van der Waals surface area (Å²) >= 11 is 0. The minimum Gasteiger partial charge on any atom is -0.359 e. The molecule has 13 heavy (non-hydrogen) atoms. The van der Waals surface area contributed by atoms with Crippen molar-refractivity contribution < 1.29 is 9.32 Å². The Kier molecular flexibility index (Phi) is 1.92. The predicted octanol–water partition coefficient (Wildman–Crippen LogP) is 1.08. The van der Waals surface area contributed by atoms with Crippen molar-refractivity contribution >= 4 is 5.78 Å². The Morgan fingerprint density at radius 1 is 1.46 bits per heavy atom. The lowest BCUT2D eigenvalue weighted by Gasteiger charge is -2.10. The van der Waals surface area contributed by atoms with Crippen molar-refractivity contribution in [1.29, 1.82) is 0 Å². The zero-order valence-electron chi connectivity index (χ0n) is 7.76. The molecular weight excluding hydrogens is 168 g/mol. The van der Waals surface area contributed by atoms with Gasteiger partial charge in [0.1, 0.15) is 0 Å². The molecule has 0 spiro atoms. The van der Waals surface area contributed by atoms with Crippen LogP contribution in [0.2, 0.25) is 0 Å². The first-order chi connectivity index (χ1) is 6.20. The molecular formula is C9H12N2O2. The first-order valence-electron chi connectivity index (χ1n) is 4.42. The molecule has 0 unspecified atom stereocenters. The maximum Gasteiger partial charge on any atom is 0.182 e. The van der Waals surface area contributed by atoms with Crippen molar-refractivity contribution in [3.05, 3.63) is 17.0 Å². The van der Waals surface area contributed by atoms with Crippen LogP contribution in [0.1, 0.15) is 41.6 Å². The third-order valence-corrected chi connectivity index (χ3v) is 2.19. The maximum absolute atomic E-state index is 11.5. The minimum absolute atomic E-state index is 0.0891. The fraction of sp³-hybridized carbons (Fsp3) is 0.556. The second-order valence-corrected chi connectivity index (χ2v) is 3.55. The molecule has 1 N–H and O–H groups in total. The molecule has 4 nitrogen and oxygen atoms in total. The molecule has 0 amide bonds. The molecule has 0 bridgehead atoms. The molecule has 0 aromatic carbocycles. The van der Waals surface area contributed by atoms with Crippen molar-refractivity contribution in [2.24, 2.45) is 0 Å². The van der Waals surface area contributed by atoms with E-state index in [4.69, 9.17) is 4.52 Å². The SMILES string of the molecule is CC(C)c1noc2c1C(=O)CNC2. The van der Waals surface area contributed by atoms with Crippen molar-refractivity contribution in [1.82, 2.24) is 10.5 Å². The lowest BCUT2D eigenvalue weighted by atomic mass is 9.99. The van der Waals surface area contributed by atoms with Crippen LogP contribution in [-0.4, -0.2) is 17.5 Å². The number of aromatic nitrogens is 1. The van der Waals surface area contributed by atoms with Gasteiger partial charge in [-0.25, -0.2) is 0 Å². The Labute approximate surface area is 76.3 Å². The summed E-state index contributed by atoms with van der Waals surface area (Å²) in [4.78, 5) is 11.5. The largest absolute Gasteiger partial charge is 0.359 e. The quantitative estimate of drug-likeness (QED) is 0.702. The lowest BCUT2D eigenvalue weighted by Crippen LogP contribution is -2.29. The second-order valence-electron chi connectivity index (χ2n) is 3.55. The number of carbonyl (C=O) groups excluding carboxylic acids is 1. The van der Waals surface area contributed by atoms with Gasteiger partial charge in [-0.3, -0.25) is 4.79 Å². The van der Waals surface area contributed by atoms with Crippen molar-refractivity contribution in [3.8, 4) is 0 Å². The average molecular weight is 180 g/mol. The van der Waals surface area contributed by atoms with E-state index in [-0.39, 0.29) is 11.7 Å². The third kappa shape index (κ3) is 1.27. The number of nitrogens with zero attached hydrogens (tertiary/aromatic N) is 1. The summed E-state index contributed by atoms with van der Waals surface area (Å²) in [5, 5.41) is 6.87. The number of hydrogen-bond donors (Lipinski definition) is 1. The van der Waals surface area contributed by atoms with Crippen LogP contribution in [0.15, 0.2) is 4.52 Å². The van der Waals surface area contributed by atoms with Gasteiger partial charge in [0, 0.05) is 0 Å². The van der Waals surface area contributed by atoms with Crippen LogP contribution >= 0.6 is 0 Å². The topological polar surface area (TPSA) is 55.1 Å². The molecule has 1 aromatic rings. The van der Waals surface area contributed by atoms with Crippen LogP contribution in [0.5, 0.6) is 0 Å². The zero-order chi connectivity index (χ0) is 9.42. The van der Waals surface area contributed by atoms with Gasteiger partial charge in [0.2, 0.25) is 0 Å². The number of carbonyl (C=O) groups is 1. The van der Waals surface area contributed by atoms with Gasteiger partial charge in [0.15, 0.2) is 11.5 Å². The number of nitrogens with one attached hydrogen (secondary N) is 1. The Balaban J connectivity index is 2.50. The number of Topliss-reactive ketones (excluding diaryl/α,β-unsaturated/α-hetero) is 1. The summed E-state index contributed by atoms with van der Waals surface area (Å²) < 4.78 is 5.09. The Morgan fingerprint density at radius 2 is 2.23 bits per heavy atom. The van der Waals surface area contributed by atoms with Crippen molar-refractivity contribution in [2.45, 2.75) is 26.3 Å². The summed E-state index contributed by atoms with van der Waals surface area (Å²) in [5.74, 6) is 1.01. The van der Waals surface area contributed by atoms with Crippen LogP contribution in [-0.2, 0) is 6.54 Å². The predicted molar refractivity (Wildman–Crippen MR) is 46.6 cm³/mol. The van der Waals surface area contributed by atoms with E-state index < -0.39 is 0 Å². The highest BCUT2D eigenvalue weighted by Crippen LogP contribution is 2.23. The summed E-state index contributed by atoms with van der Waals surface area (Å²) in [7, 11) is 0. The van der Waals surface area contributed by atoms with E-state index in [1.54, 1.807) is 0 Å². The molecule has 0 fully saturated rings. The van der Waals surface area contributed by atoms with E-state index in [0.29, 0.717) is 24.4 Å². The minimum atomic E-state index is 0.0891. The average Bonchev–Trinajstić information content (AvgIpc) is 2.49. The number of fused-ring (bicyclic) bond motifs is 1. The van der Waals surface area contributed by atoms with Gasteiger partial charge < -0.3 is 9.84 Å². The van der Waals surface area contributed by atoms with Gasteiger partial charge in [0.25, 0.3) is 0 Å². The molecule has 2 heterocycles. The molecule has 4 heteroatoms. The Hall–Kier alpha value is -1.16. The summed E-state index contributed by atoms with van der Waals surface area (Å²) in [6, 6.07) is 0. The molecule has 0 aliphatic carbocycles. The lowest BCUT2D eigenvalue weighted by molar-refractivity contribution is 0.0977. The third-order valence-electron chi connectivity index (χ3n) is 2.19. The van der Waals surface area contributed by atoms with Crippen molar-refractivity contribution in [3.63, 3.8) is 0 Å². The first-order valence-corrected chi connectivity index (χ1v) is 4.42. The fourth-order valence-electron chi connectivity index (χ4n) is 1.53. The number of rotatable bonds is 1. The molecule has 70 valence electrons. The molecule has 2 rings (SSSR count). The summed E-state index contributed by atoms with van der Waals surface area (Å²) in [5.41, 5.74) is 1.50. The second kappa shape index (κ2) is 2.96. The smallest absolute Gasteiger partial charge is 0.182 e. The van der Waals surface area contributed by atoms with E-state index in [2.05, 4.69) is 10.5 Å². The van der Waals surface area contributed by atoms with Crippen molar-refractivity contribution in [2.75, 3.05) is 6.54 Å². The van der Waals surface area contributed by atoms with E-state index in [1.807, 2.05) is 13.8 Å². The molecule has 0 atom stereocenters. The highest BCUT2D eigenvalue weighted by Gasteiger charge is 2.26. The standard InChI is InChI=1S/C9H12N2O2/c1-5(2)9-8-6(12)3-10-4-7(8)13-11-9/h5,10H,3-4H2,1-2H3. The van der Waals surface area contributed by atoms with Crippen LogP contribution in [0.25, 0.3) is 0 Å². The van der Waals surface area contributed by atoms with Gasteiger partial charge in [0.05, 0.1) is 24.3 Å². The van der Waals surface area contributed by atoms with Crippen LogP contribution in [0.4, 0.5) is 0 Å². The highest BCUT2D eigenvalue weighted by atomic mass is 16.5. The van der Waals surface area contributed by atoms with Crippen LogP contribution < -0.4 is 5.32 Å². The van der Waals surface area contributed by atoms with E-state index >= 15 is 0 Å². The zero-order valence-corrected chi connectivity index (χ0v) is 7.76. The highest BCUT2D eigenvalue weighted by molar-refractivity contribution is 6.00. The molecule has 1 aliphatic rings. The molecule has 1 aliphatic heterocycles. The molecule has 1 aromatic heterocycles. The van der Waals surface area contributed by atoms with Gasteiger partial charge in [-0.15, -0.1) is 0 Å². The van der Waals surface area contributed by atoms with E-state index in [9.17, 15) is 4.79 Å². The number of hydrogen-bond acceptors (Lipinski definition) is 4. The van der Waals surface area contributed by atoms with E-state index in [0.717, 1.165) is 5.69 Å². The Bertz CT molecular complexity index is 341. The summed E-state index contributed by atoms with van der Waals surface area (Å²) in [6.45, 7) is 5.02. The van der Waals surface area contributed by atoms with Crippen LogP contribution in [0, 0.1) is 0 Å². The van der Waals surface area contributed by atoms with Gasteiger partial charge in [-0.2, -0.15) is 0 Å². The van der Waals surface area contributed by atoms with Gasteiger partial charge >= 0.3 is 0 Å². The molecule has 0 saturated heterocycles. The maximum atomic E-state index is 11.5.